The zero-order chi connectivity index (χ0) is 26.2. The third kappa shape index (κ3) is 6.99. The minimum atomic E-state index is -0.231. The number of ether oxygens (including phenoxy) is 2. The molecule has 196 valence electrons. The molecule has 0 aliphatic heterocycles. The Bertz CT molecular complexity index is 1020. The largest absolute Gasteiger partial charge is 0.427 e. The lowest BCUT2D eigenvalue weighted by Gasteiger charge is -2.28. The standard InChI is InChI=1S/C32H44O4/c1-6-8-10-12-14-29(33)35-25-18-16-24(17-19-25)32(5)23-31(3,4)27-21-20-26(22-28(27)32)36-30(34)15-13-11-9-7-2/h16-22H,6-15,23H2,1-5H3/t32-/m0/s1. The van der Waals surface area contributed by atoms with Crippen molar-refractivity contribution >= 4 is 11.9 Å². The molecule has 0 fully saturated rings. The molecule has 4 heteroatoms. The first kappa shape index (κ1) is 28.0. The lowest BCUT2D eigenvalue weighted by Crippen LogP contribution is -2.23. The van der Waals surface area contributed by atoms with E-state index in [1.54, 1.807) is 0 Å². The van der Waals surface area contributed by atoms with Gasteiger partial charge in [0.05, 0.1) is 0 Å². The summed E-state index contributed by atoms with van der Waals surface area (Å²) in [6.45, 7) is 11.1. The molecule has 2 aromatic rings. The van der Waals surface area contributed by atoms with Crippen LogP contribution in [-0.4, -0.2) is 11.9 Å². The van der Waals surface area contributed by atoms with Gasteiger partial charge >= 0.3 is 11.9 Å². The Labute approximate surface area is 217 Å². The predicted octanol–water partition coefficient (Wildman–Crippen LogP) is 8.43. The SMILES string of the molecule is CCCCCCC(=O)Oc1ccc([C@]2(C)CC(C)(C)c3ccc(OC(=O)CCCCCC)cc32)cc1. The molecule has 0 heterocycles. The second-order valence-electron chi connectivity index (χ2n) is 11.2. The zero-order valence-electron chi connectivity index (χ0n) is 23.0. The van der Waals surface area contributed by atoms with E-state index < -0.39 is 0 Å². The fraction of sp³-hybridized carbons (Fsp3) is 0.562. The first-order chi connectivity index (χ1) is 17.2. The lowest BCUT2D eigenvalue weighted by molar-refractivity contribution is -0.135. The van der Waals surface area contributed by atoms with Gasteiger partial charge in [-0.2, -0.15) is 0 Å². The van der Waals surface area contributed by atoms with E-state index in [1.807, 2.05) is 18.2 Å². The number of carbonyl (C=O) groups excluding carboxylic acids is 2. The number of rotatable bonds is 13. The zero-order valence-corrected chi connectivity index (χ0v) is 23.0. The van der Waals surface area contributed by atoms with Gasteiger partial charge in [0, 0.05) is 18.3 Å². The summed E-state index contributed by atoms with van der Waals surface area (Å²) in [5.41, 5.74) is 3.42. The van der Waals surface area contributed by atoms with Crippen molar-refractivity contribution in [2.24, 2.45) is 0 Å². The van der Waals surface area contributed by atoms with Crippen LogP contribution < -0.4 is 9.47 Å². The highest BCUT2D eigenvalue weighted by atomic mass is 16.5. The Morgan fingerprint density at radius 3 is 1.78 bits per heavy atom. The summed E-state index contributed by atoms with van der Waals surface area (Å²) < 4.78 is 11.3. The number of esters is 2. The van der Waals surface area contributed by atoms with E-state index in [2.05, 4.69) is 58.9 Å². The Hall–Kier alpha value is -2.62. The van der Waals surface area contributed by atoms with Crippen LogP contribution in [0.4, 0.5) is 0 Å². The minimum absolute atomic E-state index is 0.00357. The summed E-state index contributed by atoms with van der Waals surface area (Å²) in [7, 11) is 0. The molecule has 0 spiro atoms. The summed E-state index contributed by atoms with van der Waals surface area (Å²) in [5, 5.41) is 0. The molecule has 1 aliphatic rings. The van der Waals surface area contributed by atoms with E-state index in [0.29, 0.717) is 24.3 Å². The van der Waals surface area contributed by atoms with E-state index in [9.17, 15) is 9.59 Å². The first-order valence-electron chi connectivity index (χ1n) is 13.9. The van der Waals surface area contributed by atoms with Crippen LogP contribution >= 0.6 is 0 Å². The molecule has 0 bridgehead atoms. The maximum absolute atomic E-state index is 12.4. The Kier molecular flexibility index (Phi) is 9.76. The van der Waals surface area contributed by atoms with Crippen LogP contribution in [0.15, 0.2) is 42.5 Å². The van der Waals surface area contributed by atoms with Crippen LogP contribution in [0.5, 0.6) is 11.5 Å². The van der Waals surface area contributed by atoms with Crippen LogP contribution in [0.3, 0.4) is 0 Å². The van der Waals surface area contributed by atoms with Gasteiger partial charge in [-0.3, -0.25) is 9.59 Å². The molecule has 0 radical (unpaired) electrons. The number of fused-ring (bicyclic) bond motifs is 1. The molecule has 0 amide bonds. The Balaban J connectivity index is 1.73. The molecule has 1 atom stereocenters. The smallest absolute Gasteiger partial charge is 0.311 e. The molecule has 0 N–H and O–H groups in total. The molecular weight excluding hydrogens is 448 g/mol. The van der Waals surface area contributed by atoms with Crippen LogP contribution in [0.2, 0.25) is 0 Å². The van der Waals surface area contributed by atoms with Crippen LogP contribution in [0.25, 0.3) is 0 Å². The van der Waals surface area contributed by atoms with Gasteiger partial charge in [-0.15, -0.1) is 0 Å². The van der Waals surface area contributed by atoms with Gasteiger partial charge in [0.15, 0.2) is 0 Å². The normalized spacial score (nSPS) is 18.0. The van der Waals surface area contributed by atoms with Gasteiger partial charge in [0.25, 0.3) is 0 Å². The quantitative estimate of drug-likeness (QED) is 0.160. The minimum Gasteiger partial charge on any atom is -0.427 e. The number of hydrogen-bond donors (Lipinski definition) is 0. The highest BCUT2D eigenvalue weighted by molar-refractivity contribution is 5.73. The van der Waals surface area contributed by atoms with Gasteiger partial charge in [-0.25, -0.2) is 0 Å². The number of unbranched alkanes of at least 4 members (excludes halogenated alkanes) is 6. The van der Waals surface area contributed by atoms with Gasteiger partial charge in [0.2, 0.25) is 0 Å². The van der Waals surface area contributed by atoms with Crippen molar-refractivity contribution in [2.75, 3.05) is 0 Å². The Morgan fingerprint density at radius 2 is 1.22 bits per heavy atom. The van der Waals surface area contributed by atoms with E-state index in [1.165, 1.54) is 16.7 Å². The van der Waals surface area contributed by atoms with Crippen molar-refractivity contribution in [2.45, 2.75) is 116 Å². The molecule has 0 saturated carbocycles. The summed E-state index contributed by atoms with van der Waals surface area (Å²) in [6.07, 6.45) is 10.3. The van der Waals surface area contributed by atoms with Gasteiger partial charge in [-0.05, 0) is 65.6 Å². The third-order valence-electron chi connectivity index (χ3n) is 7.53. The van der Waals surface area contributed by atoms with E-state index in [0.717, 1.165) is 57.8 Å². The molecule has 3 rings (SSSR count). The molecule has 0 saturated heterocycles. The van der Waals surface area contributed by atoms with Crippen LogP contribution in [0, 0.1) is 0 Å². The average molecular weight is 493 g/mol. The summed E-state index contributed by atoms with van der Waals surface area (Å²) in [5.74, 6) is 0.877. The van der Waals surface area contributed by atoms with E-state index in [-0.39, 0.29) is 22.8 Å². The maximum atomic E-state index is 12.4. The summed E-state index contributed by atoms with van der Waals surface area (Å²) in [6, 6.07) is 14.0. The van der Waals surface area contributed by atoms with Crippen molar-refractivity contribution in [3.05, 3.63) is 59.2 Å². The highest BCUT2D eigenvalue weighted by Crippen LogP contribution is 2.53. The van der Waals surface area contributed by atoms with Crippen molar-refractivity contribution in [3.63, 3.8) is 0 Å². The molecule has 2 aromatic carbocycles. The van der Waals surface area contributed by atoms with Crippen molar-refractivity contribution < 1.29 is 19.1 Å². The van der Waals surface area contributed by atoms with Gasteiger partial charge in [-0.1, -0.05) is 91.3 Å². The van der Waals surface area contributed by atoms with Crippen molar-refractivity contribution in [1.29, 1.82) is 0 Å². The number of benzene rings is 2. The number of carbonyl (C=O) groups is 2. The fourth-order valence-electron chi connectivity index (χ4n) is 5.61. The molecule has 0 unspecified atom stereocenters. The monoisotopic (exact) mass is 492 g/mol. The van der Waals surface area contributed by atoms with Crippen molar-refractivity contribution in [1.82, 2.24) is 0 Å². The van der Waals surface area contributed by atoms with Crippen LogP contribution in [-0.2, 0) is 20.4 Å². The molecule has 1 aliphatic carbocycles. The molecule has 36 heavy (non-hydrogen) atoms. The lowest BCUT2D eigenvalue weighted by atomic mass is 9.75. The highest BCUT2D eigenvalue weighted by Gasteiger charge is 2.46. The molecule has 4 nitrogen and oxygen atoms in total. The second-order valence-corrected chi connectivity index (χ2v) is 11.2. The topological polar surface area (TPSA) is 52.6 Å². The van der Waals surface area contributed by atoms with E-state index in [4.69, 9.17) is 9.47 Å². The van der Waals surface area contributed by atoms with E-state index >= 15 is 0 Å². The first-order valence-corrected chi connectivity index (χ1v) is 13.9. The maximum Gasteiger partial charge on any atom is 0.311 e. The predicted molar refractivity (Wildman–Crippen MR) is 146 cm³/mol. The number of hydrogen-bond acceptors (Lipinski definition) is 4. The summed E-state index contributed by atoms with van der Waals surface area (Å²) in [4.78, 5) is 24.6. The average Bonchev–Trinajstić information content (AvgIpc) is 3.05. The van der Waals surface area contributed by atoms with Crippen LogP contribution in [0.1, 0.15) is 122 Å². The van der Waals surface area contributed by atoms with Crippen molar-refractivity contribution in [3.8, 4) is 11.5 Å². The van der Waals surface area contributed by atoms with Gasteiger partial charge in [0.1, 0.15) is 11.5 Å². The second kappa shape index (κ2) is 12.6. The molecular formula is C32H44O4. The third-order valence-corrected chi connectivity index (χ3v) is 7.53. The summed E-state index contributed by atoms with van der Waals surface area (Å²) >= 11 is 0. The molecule has 0 aromatic heterocycles. The van der Waals surface area contributed by atoms with Gasteiger partial charge < -0.3 is 9.47 Å². The fourth-order valence-corrected chi connectivity index (χ4v) is 5.61. The Morgan fingerprint density at radius 1 is 0.694 bits per heavy atom.